The fourth-order valence-corrected chi connectivity index (χ4v) is 5.77. The Kier molecular flexibility index (Phi) is 12.2. The van der Waals surface area contributed by atoms with E-state index in [0.29, 0.717) is 18.0 Å². The van der Waals surface area contributed by atoms with E-state index in [1.54, 1.807) is 12.1 Å². The van der Waals surface area contributed by atoms with Crippen LogP contribution in [0, 0.1) is 0 Å². The summed E-state index contributed by atoms with van der Waals surface area (Å²) in [4.78, 5) is 29.3. The number of ether oxygens (including phenoxy) is 2. The molecular formula is C31H38BrN3O6S. The predicted octanol–water partition coefficient (Wildman–Crippen LogP) is 4.79. The number of anilines is 1. The van der Waals surface area contributed by atoms with Crippen molar-refractivity contribution in [3.63, 3.8) is 0 Å². The van der Waals surface area contributed by atoms with Crippen LogP contribution in [0.2, 0.25) is 0 Å². The Labute approximate surface area is 257 Å². The Morgan fingerprint density at radius 3 is 2.24 bits per heavy atom. The zero-order valence-corrected chi connectivity index (χ0v) is 26.8. The molecule has 1 atom stereocenters. The Morgan fingerprint density at radius 1 is 0.929 bits per heavy atom. The van der Waals surface area contributed by atoms with Crippen LogP contribution in [0.1, 0.15) is 30.9 Å². The molecule has 3 aromatic rings. The van der Waals surface area contributed by atoms with Crippen LogP contribution in [0.25, 0.3) is 0 Å². The first-order chi connectivity index (χ1) is 20.1. The summed E-state index contributed by atoms with van der Waals surface area (Å²) in [5, 5.41) is 2.98. The van der Waals surface area contributed by atoms with Crippen molar-refractivity contribution in [2.45, 2.75) is 38.8 Å². The lowest BCUT2D eigenvalue weighted by Gasteiger charge is -2.33. The maximum atomic E-state index is 14.2. The normalized spacial score (nSPS) is 11.8. The number of methoxy groups -OCH3 is 2. The molecule has 0 aliphatic rings. The molecule has 0 saturated carbocycles. The minimum atomic E-state index is -3.91. The van der Waals surface area contributed by atoms with Crippen LogP contribution in [-0.2, 0) is 32.6 Å². The van der Waals surface area contributed by atoms with Gasteiger partial charge in [0.25, 0.3) is 0 Å². The van der Waals surface area contributed by atoms with Crippen LogP contribution in [0.3, 0.4) is 0 Å². The molecule has 9 nitrogen and oxygen atoms in total. The minimum Gasteiger partial charge on any atom is -0.493 e. The van der Waals surface area contributed by atoms with Crippen molar-refractivity contribution in [3.8, 4) is 11.5 Å². The Bertz CT molecular complexity index is 1450. The van der Waals surface area contributed by atoms with Gasteiger partial charge in [0.15, 0.2) is 11.5 Å². The molecule has 0 radical (unpaired) electrons. The number of benzene rings is 3. The average molecular weight is 661 g/mol. The minimum absolute atomic E-state index is 0.0977. The third-order valence-electron chi connectivity index (χ3n) is 6.68. The lowest BCUT2D eigenvalue weighted by atomic mass is 10.0. The highest BCUT2D eigenvalue weighted by atomic mass is 79.9. The van der Waals surface area contributed by atoms with Crippen molar-refractivity contribution in [1.29, 1.82) is 0 Å². The van der Waals surface area contributed by atoms with Gasteiger partial charge >= 0.3 is 0 Å². The SMILES string of the molecule is CCCCNC(=O)[C@H](Cc1ccccc1)N(Cc1cccc(Br)c1)C(=O)CN(c1ccc(OC)c(OC)c1)S(C)(=O)=O. The number of hydrogen-bond acceptors (Lipinski definition) is 6. The second-order valence-corrected chi connectivity index (χ2v) is 12.6. The van der Waals surface area contributed by atoms with Crippen molar-refractivity contribution in [2.24, 2.45) is 0 Å². The van der Waals surface area contributed by atoms with E-state index in [4.69, 9.17) is 9.47 Å². The van der Waals surface area contributed by atoms with Gasteiger partial charge < -0.3 is 19.7 Å². The van der Waals surface area contributed by atoms with Gasteiger partial charge in [0.05, 0.1) is 26.2 Å². The summed E-state index contributed by atoms with van der Waals surface area (Å²) in [6.45, 7) is 2.08. The lowest BCUT2D eigenvalue weighted by Crippen LogP contribution is -2.53. The number of nitrogens with one attached hydrogen (secondary N) is 1. The topological polar surface area (TPSA) is 105 Å². The van der Waals surface area contributed by atoms with Gasteiger partial charge in [-0.3, -0.25) is 13.9 Å². The van der Waals surface area contributed by atoms with Gasteiger partial charge in [0.2, 0.25) is 21.8 Å². The zero-order valence-electron chi connectivity index (χ0n) is 24.4. The molecule has 1 N–H and O–H groups in total. The van der Waals surface area contributed by atoms with Gasteiger partial charge in [-0.15, -0.1) is 0 Å². The third kappa shape index (κ3) is 9.22. The van der Waals surface area contributed by atoms with Crippen molar-refractivity contribution >= 4 is 43.5 Å². The third-order valence-corrected chi connectivity index (χ3v) is 8.31. The summed E-state index contributed by atoms with van der Waals surface area (Å²) in [5.74, 6) is -0.0854. The molecule has 0 heterocycles. The number of unbranched alkanes of at least 4 members (excludes halogenated alkanes) is 1. The largest absolute Gasteiger partial charge is 0.493 e. The molecule has 226 valence electrons. The second kappa shape index (κ2) is 15.6. The van der Waals surface area contributed by atoms with Crippen LogP contribution in [0.15, 0.2) is 77.3 Å². The summed E-state index contributed by atoms with van der Waals surface area (Å²) in [5.41, 5.74) is 1.90. The van der Waals surface area contributed by atoms with Crippen molar-refractivity contribution in [3.05, 3.63) is 88.4 Å². The molecule has 2 amide bonds. The molecule has 0 saturated heterocycles. The van der Waals surface area contributed by atoms with Crippen LogP contribution in [0.5, 0.6) is 11.5 Å². The first-order valence-electron chi connectivity index (χ1n) is 13.6. The van der Waals surface area contributed by atoms with Crippen molar-refractivity contribution in [1.82, 2.24) is 10.2 Å². The van der Waals surface area contributed by atoms with E-state index in [2.05, 4.69) is 21.2 Å². The van der Waals surface area contributed by atoms with E-state index in [-0.39, 0.29) is 24.6 Å². The maximum Gasteiger partial charge on any atom is 0.244 e. The number of rotatable bonds is 15. The van der Waals surface area contributed by atoms with Gasteiger partial charge in [-0.25, -0.2) is 8.42 Å². The number of amides is 2. The van der Waals surface area contributed by atoms with E-state index < -0.39 is 28.5 Å². The summed E-state index contributed by atoms with van der Waals surface area (Å²) in [7, 11) is -0.985. The van der Waals surface area contributed by atoms with Crippen molar-refractivity contribution < 1.29 is 27.5 Å². The van der Waals surface area contributed by atoms with Crippen LogP contribution < -0.4 is 19.1 Å². The predicted molar refractivity (Wildman–Crippen MR) is 168 cm³/mol. The number of hydrogen-bond donors (Lipinski definition) is 1. The van der Waals surface area contributed by atoms with Gasteiger partial charge in [-0.2, -0.15) is 0 Å². The first-order valence-corrected chi connectivity index (χ1v) is 16.3. The Morgan fingerprint density at radius 2 is 1.62 bits per heavy atom. The Balaban J connectivity index is 2.06. The van der Waals surface area contributed by atoms with E-state index in [1.807, 2.05) is 61.5 Å². The summed E-state index contributed by atoms with van der Waals surface area (Å²) in [6.07, 6.45) is 2.99. The quantitative estimate of drug-likeness (QED) is 0.235. The summed E-state index contributed by atoms with van der Waals surface area (Å²) in [6, 6.07) is 20.7. The molecule has 11 heteroatoms. The zero-order chi connectivity index (χ0) is 30.7. The highest BCUT2D eigenvalue weighted by Crippen LogP contribution is 2.32. The first kappa shape index (κ1) is 32.9. The maximum absolute atomic E-state index is 14.2. The molecule has 42 heavy (non-hydrogen) atoms. The fraction of sp³-hybridized carbons (Fsp3) is 0.355. The molecule has 0 fully saturated rings. The van der Waals surface area contributed by atoms with Crippen molar-refractivity contribution in [2.75, 3.05) is 37.9 Å². The highest BCUT2D eigenvalue weighted by molar-refractivity contribution is 9.10. The molecule has 0 spiro atoms. The molecule has 3 rings (SSSR count). The molecular weight excluding hydrogens is 622 g/mol. The standard InChI is InChI=1S/C31H38BrN3O6S/c1-5-6-17-33-31(37)27(19-23-11-8-7-9-12-23)34(21-24-13-10-14-25(32)18-24)30(36)22-35(42(4,38)39)26-15-16-28(40-2)29(20-26)41-3/h7-16,18,20,27H,5-6,17,19,21-22H2,1-4H3,(H,33,37)/t27-/m0/s1. The van der Waals surface area contributed by atoms with Gasteiger partial charge in [0, 0.05) is 30.0 Å². The molecule has 0 aliphatic heterocycles. The van der Waals surface area contributed by atoms with E-state index in [1.165, 1.54) is 25.2 Å². The van der Waals surface area contributed by atoms with E-state index in [9.17, 15) is 18.0 Å². The fourth-order valence-electron chi connectivity index (χ4n) is 4.49. The molecule has 0 bridgehead atoms. The van der Waals surface area contributed by atoms with Gasteiger partial charge in [-0.05, 0) is 41.8 Å². The van der Waals surface area contributed by atoms with Crippen LogP contribution >= 0.6 is 15.9 Å². The number of halogens is 1. The Hall–Kier alpha value is -3.57. The molecule has 3 aromatic carbocycles. The van der Waals surface area contributed by atoms with Gasteiger partial charge in [0.1, 0.15) is 12.6 Å². The van der Waals surface area contributed by atoms with E-state index >= 15 is 0 Å². The molecule has 0 aromatic heterocycles. The summed E-state index contributed by atoms with van der Waals surface area (Å²) >= 11 is 3.48. The van der Waals surface area contributed by atoms with Crippen LogP contribution in [-0.4, -0.2) is 64.7 Å². The smallest absolute Gasteiger partial charge is 0.244 e. The second-order valence-electron chi connectivity index (χ2n) is 9.81. The van der Waals surface area contributed by atoms with Gasteiger partial charge in [-0.1, -0.05) is 71.7 Å². The number of carbonyl (C=O) groups excluding carboxylic acids is 2. The summed E-state index contributed by atoms with van der Waals surface area (Å²) < 4.78 is 38.5. The average Bonchev–Trinajstić information content (AvgIpc) is 2.97. The lowest BCUT2D eigenvalue weighted by molar-refractivity contribution is -0.140. The van der Waals surface area contributed by atoms with E-state index in [0.717, 1.165) is 39.0 Å². The number of sulfonamides is 1. The number of carbonyl (C=O) groups is 2. The monoisotopic (exact) mass is 659 g/mol. The highest BCUT2D eigenvalue weighted by Gasteiger charge is 2.33. The van der Waals surface area contributed by atoms with Crippen LogP contribution in [0.4, 0.5) is 5.69 Å². The molecule has 0 aliphatic carbocycles. The number of nitrogens with zero attached hydrogens (tertiary/aromatic N) is 2. The molecule has 0 unspecified atom stereocenters.